The van der Waals surface area contributed by atoms with Crippen LogP contribution in [0.4, 0.5) is 5.95 Å². The molecule has 2 unspecified atom stereocenters. The number of imidazole rings is 1. The maximum absolute atomic E-state index is 11.1. The number of rotatable bonds is 2. The first-order chi connectivity index (χ1) is 7.50. The van der Waals surface area contributed by atoms with Gasteiger partial charge in [-0.15, -0.1) is 0 Å². The molecule has 3 N–H and O–H groups in total. The van der Waals surface area contributed by atoms with Gasteiger partial charge in [0.25, 0.3) is 0 Å². The van der Waals surface area contributed by atoms with Crippen molar-refractivity contribution >= 4 is 17.9 Å². The van der Waals surface area contributed by atoms with Gasteiger partial charge in [0.2, 0.25) is 5.95 Å². The zero-order chi connectivity index (χ0) is 11.9. The molecule has 2 rings (SSSR count). The number of aliphatic carboxylic acids is 1. The number of anilines is 1. The van der Waals surface area contributed by atoms with Crippen LogP contribution in [0.15, 0.2) is 6.20 Å². The SMILES string of the molecule is CC1CNc2nc(C(=O)O)cn2C1C(=O)O. The lowest BCUT2D eigenvalue weighted by atomic mass is 10.0. The summed E-state index contributed by atoms with van der Waals surface area (Å²) in [5, 5.41) is 20.8. The van der Waals surface area contributed by atoms with E-state index >= 15 is 0 Å². The van der Waals surface area contributed by atoms with Crippen molar-refractivity contribution in [2.45, 2.75) is 13.0 Å². The lowest BCUT2D eigenvalue weighted by molar-refractivity contribution is -0.142. The van der Waals surface area contributed by atoms with Crippen molar-refractivity contribution in [2.24, 2.45) is 5.92 Å². The van der Waals surface area contributed by atoms with Crippen molar-refractivity contribution in [1.29, 1.82) is 0 Å². The van der Waals surface area contributed by atoms with Gasteiger partial charge in [-0.2, -0.15) is 0 Å². The summed E-state index contributed by atoms with van der Waals surface area (Å²) in [5.41, 5.74) is -0.150. The number of carboxylic acids is 2. The fraction of sp³-hybridized carbons (Fsp3) is 0.444. The topological polar surface area (TPSA) is 104 Å². The number of nitrogens with one attached hydrogen (secondary N) is 1. The van der Waals surface area contributed by atoms with Crippen LogP contribution < -0.4 is 5.32 Å². The van der Waals surface area contributed by atoms with Crippen molar-refractivity contribution in [1.82, 2.24) is 9.55 Å². The molecule has 2 heterocycles. The Hall–Kier alpha value is -2.05. The van der Waals surface area contributed by atoms with Crippen molar-refractivity contribution in [3.63, 3.8) is 0 Å². The number of carbonyl (C=O) groups is 2. The molecule has 1 aromatic heterocycles. The van der Waals surface area contributed by atoms with Crippen LogP contribution in [-0.4, -0.2) is 38.2 Å². The lowest BCUT2D eigenvalue weighted by Crippen LogP contribution is -2.35. The van der Waals surface area contributed by atoms with Gasteiger partial charge < -0.3 is 20.1 Å². The highest BCUT2D eigenvalue weighted by atomic mass is 16.4. The quantitative estimate of drug-likeness (QED) is 0.667. The number of aromatic carboxylic acids is 1. The largest absolute Gasteiger partial charge is 0.480 e. The number of carboxylic acid groups (broad SMARTS) is 2. The third-order valence-corrected chi connectivity index (χ3v) is 2.63. The number of hydrogen-bond acceptors (Lipinski definition) is 4. The molecule has 0 aromatic carbocycles. The first-order valence-electron chi connectivity index (χ1n) is 4.79. The van der Waals surface area contributed by atoms with Crippen LogP contribution in [0.1, 0.15) is 23.5 Å². The molecule has 0 spiro atoms. The second-order valence-electron chi connectivity index (χ2n) is 3.80. The molecule has 0 radical (unpaired) electrons. The Morgan fingerprint density at radius 2 is 2.25 bits per heavy atom. The normalized spacial score (nSPS) is 23.3. The number of hydrogen-bond donors (Lipinski definition) is 3. The molecule has 1 aromatic rings. The predicted octanol–water partition coefficient (Wildman–Crippen LogP) is 0.269. The van der Waals surface area contributed by atoms with E-state index in [0.717, 1.165) is 0 Å². The minimum Gasteiger partial charge on any atom is -0.480 e. The number of fused-ring (bicyclic) bond motifs is 1. The van der Waals surface area contributed by atoms with E-state index in [-0.39, 0.29) is 11.6 Å². The average Bonchev–Trinajstić information content (AvgIpc) is 2.60. The maximum atomic E-state index is 11.1. The highest BCUT2D eigenvalue weighted by Crippen LogP contribution is 2.28. The van der Waals surface area contributed by atoms with Crippen LogP contribution >= 0.6 is 0 Å². The van der Waals surface area contributed by atoms with E-state index in [9.17, 15) is 9.59 Å². The summed E-state index contributed by atoms with van der Waals surface area (Å²) in [5.74, 6) is -1.98. The molecule has 1 aliphatic rings. The first kappa shape index (κ1) is 10.5. The summed E-state index contributed by atoms with van der Waals surface area (Å²) in [4.78, 5) is 25.6. The van der Waals surface area contributed by atoms with Gasteiger partial charge in [-0.05, 0) is 0 Å². The van der Waals surface area contributed by atoms with E-state index in [2.05, 4.69) is 10.3 Å². The van der Waals surface area contributed by atoms with Crippen molar-refractivity contribution in [3.8, 4) is 0 Å². The monoisotopic (exact) mass is 225 g/mol. The molecule has 86 valence electrons. The van der Waals surface area contributed by atoms with Crippen LogP contribution in [0.25, 0.3) is 0 Å². The number of aromatic nitrogens is 2. The Kier molecular flexibility index (Phi) is 2.30. The Labute approximate surface area is 90.7 Å². The zero-order valence-corrected chi connectivity index (χ0v) is 8.54. The van der Waals surface area contributed by atoms with Crippen LogP contribution in [0.3, 0.4) is 0 Å². The average molecular weight is 225 g/mol. The molecular weight excluding hydrogens is 214 g/mol. The fourth-order valence-corrected chi connectivity index (χ4v) is 1.84. The van der Waals surface area contributed by atoms with Crippen molar-refractivity contribution < 1.29 is 19.8 Å². The Morgan fingerprint density at radius 1 is 1.56 bits per heavy atom. The highest BCUT2D eigenvalue weighted by Gasteiger charge is 2.33. The molecule has 0 bridgehead atoms. The summed E-state index contributed by atoms with van der Waals surface area (Å²) < 4.78 is 1.36. The lowest BCUT2D eigenvalue weighted by Gasteiger charge is -2.28. The molecule has 0 fully saturated rings. The second-order valence-corrected chi connectivity index (χ2v) is 3.80. The minimum absolute atomic E-state index is 0.124. The van der Waals surface area contributed by atoms with Crippen LogP contribution in [0.5, 0.6) is 0 Å². The van der Waals surface area contributed by atoms with E-state index in [1.54, 1.807) is 6.92 Å². The smallest absolute Gasteiger partial charge is 0.356 e. The second kappa shape index (κ2) is 3.51. The molecule has 2 atom stereocenters. The van der Waals surface area contributed by atoms with Gasteiger partial charge in [0.15, 0.2) is 5.69 Å². The summed E-state index contributed by atoms with van der Waals surface area (Å²) in [7, 11) is 0. The molecule has 7 nitrogen and oxygen atoms in total. The van der Waals surface area contributed by atoms with E-state index in [1.165, 1.54) is 10.8 Å². The Morgan fingerprint density at radius 3 is 2.81 bits per heavy atom. The fourth-order valence-electron chi connectivity index (χ4n) is 1.84. The van der Waals surface area contributed by atoms with Gasteiger partial charge in [-0.1, -0.05) is 6.92 Å². The summed E-state index contributed by atoms with van der Waals surface area (Å²) in [6.07, 6.45) is 1.25. The van der Waals surface area contributed by atoms with E-state index in [4.69, 9.17) is 10.2 Å². The Bertz CT molecular complexity index is 454. The Balaban J connectivity index is 2.47. The standard InChI is InChI=1S/C9H11N3O4/c1-4-2-10-9-11-5(7(13)14)3-12(9)6(4)8(15)16/h3-4,6H,2H2,1H3,(H,10,11)(H,13,14)(H,15,16). The highest BCUT2D eigenvalue weighted by molar-refractivity contribution is 5.86. The number of nitrogens with zero attached hydrogens (tertiary/aromatic N) is 2. The molecule has 16 heavy (non-hydrogen) atoms. The van der Waals surface area contributed by atoms with E-state index in [1.807, 2.05) is 0 Å². The van der Waals surface area contributed by atoms with Gasteiger partial charge in [0.05, 0.1) is 0 Å². The van der Waals surface area contributed by atoms with Crippen LogP contribution in [0.2, 0.25) is 0 Å². The van der Waals surface area contributed by atoms with Gasteiger partial charge in [0, 0.05) is 18.7 Å². The van der Waals surface area contributed by atoms with Crippen LogP contribution in [-0.2, 0) is 4.79 Å². The summed E-state index contributed by atoms with van der Waals surface area (Å²) in [6, 6.07) is -0.767. The third-order valence-electron chi connectivity index (χ3n) is 2.63. The maximum Gasteiger partial charge on any atom is 0.356 e. The molecule has 0 saturated carbocycles. The molecule has 0 aliphatic carbocycles. The van der Waals surface area contributed by atoms with Crippen molar-refractivity contribution in [3.05, 3.63) is 11.9 Å². The van der Waals surface area contributed by atoms with Gasteiger partial charge >= 0.3 is 11.9 Å². The van der Waals surface area contributed by atoms with Gasteiger partial charge in [-0.3, -0.25) is 0 Å². The van der Waals surface area contributed by atoms with Gasteiger partial charge in [-0.25, -0.2) is 14.6 Å². The van der Waals surface area contributed by atoms with Crippen molar-refractivity contribution in [2.75, 3.05) is 11.9 Å². The summed E-state index contributed by atoms with van der Waals surface area (Å²) in [6.45, 7) is 2.25. The van der Waals surface area contributed by atoms with Crippen LogP contribution in [0, 0.1) is 5.92 Å². The predicted molar refractivity (Wildman–Crippen MR) is 53.5 cm³/mol. The van der Waals surface area contributed by atoms with E-state index in [0.29, 0.717) is 12.5 Å². The minimum atomic E-state index is -1.17. The molecule has 0 saturated heterocycles. The molecule has 1 aliphatic heterocycles. The first-order valence-corrected chi connectivity index (χ1v) is 4.79. The third kappa shape index (κ3) is 1.50. The zero-order valence-electron chi connectivity index (χ0n) is 8.54. The van der Waals surface area contributed by atoms with E-state index < -0.39 is 18.0 Å². The molecular formula is C9H11N3O4. The molecule has 0 amide bonds. The molecule has 7 heteroatoms. The summed E-state index contributed by atoms with van der Waals surface area (Å²) >= 11 is 0. The van der Waals surface area contributed by atoms with Gasteiger partial charge in [0.1, 0.15) is 6.04 Å².